The Labute approximate surface area is 108 Å². The van der Waals surface area contributed by atoms with Crippen LogP contribution in [0.2, 0.25) is 0 Å². The van der Waals surface area contributed by atoms with Crippen molar-refractivity contribution in [3.05, 3.63) is 18.0 Å². The van der Waals surface area contributed by atoms with Crippen molar-refractivity contribution in [1.82, 2.24) is 20.4 Å². The molecule has 1 aromatic heterocycles. The van der Waals surface area contributed by atoms with Crippen LogP contribution in [0.15, 0.2) is 12.3 Å². The number of aromatic nitrogens is 2. The van der Waals surface area contributed by atoms with Crippen LogP contribution in [0, 0.1) is 5.92 Å². The molecule has 100 valence electrons. The van der Waals surface area contributed by atoms with Crippen molar-refractivity contribution in [2.24, 2.45) is 13.0 Å². The van der Waals surface area contributed by atoms with Gasteiger partial charge in [0.1, 0.15) is 0 Å². The van der Waals surface area contributed by atoms with Crippen molar-refractivity contribution in [3.8, 4) is 0 Å². The van der Waals surface area contributed by atoms with E-state index < -0.39 is 0 Å². The van der Waals surface area contributed by atoms with Gasteiger partial charge in [-0.05, 0) is 31.4 Å². The SMILES string of the molecule is CC1CCCNC1C(=O)NCCc1ccnn1C. The highest BCUT2D eigenvalue weighted by Gasteiger charge is 2.26. The van der Waals surface area contributed by atoms with Crippen LogP contribution in [0.3, 0.4) is 0 Å². The van der Waals surface area contributed by atoms with Crippen molar-refractivity contribution < 1.29 is 4.79 Å². The molecule has 0 spiro atoms. The first-order valence-corrected chi connectivity index (χ1v) is 6.66. The Morgan fingerprint density at radius 1 is 1.67 bits per heavy atom. The molecule has 5 nitrogen and oxygen atoms in total. The molecule has 0 bridgehead atoms. The summed E-state index contributed by atoms with van der Waals surface area (Å²) in [6.07, 6.45) is 4.90. The lowest BCUT2D eigenvalue weighted by molar-refractivity contribution is -0.124. The minimum absolute atomic E-state index is 0.0229. The second kappa shape index (κ2) is 6.00. The highest BCUT2D eigenvalue weighted by molar-refractivity contribution is 5.82. The lowest BCUT2D eigenvalue weighted by Gasteiger charge is -2.28. The summed E-state index contributed by atoms with van der Waals surface area (Å²) in [5.74, 6) is 0.555. The number of hydrogen-bond donors (Lipinski definition) is 2. The fourth-order valence-corrected chi connectivity index (χ4v) is 2.47. The number of amides is 1. The number of piperidine rings is 1. The number of carbonyl (C=O) groups excluding carboxylic acids is 1. The maximum absolute atomic E-state index is 12.0. The average Bonchev–Trinajstić information content (AvgIpc) is 2.75. The van der Waals surface area contributed by atoms with E-state index in [4.69, 9.17) is 0 Å². The first-order chi connectivity index (χ1) is 8.68. The van der Waals surface area contributed by atoms with Gasteiger partial charge in [-0.15, -0.1) is 0 Å². The quantitative estimate of drug-likeness (QED) is 0.816. The Morgan fingerprint density at radius 2 is 2.50 bits per heavy atom. The van der Waals surface area contributed by atoms with E-state index in [0.717, 1.165) is 25.1 Å². The normalized spacial score (nSPS) is 23.9. The molecule has 0 aliphatic carbocycles. The number of hydrogen-bond acceptors (Lipinski definition) is 3. The molecular formula is C13H22N4O. The zero-order chi connectivity index (χ0) is 13.0. The summed E-state index contributed by atoms with van der Waals surface area (Å²) < 4.78 is 1.84. The number of carbonyl (C=O) groups is 1. The minimum atomic E-state index is -0.0229. The van der Waals surface area contributed by atoms with Gasteiger partial charge in [0.2, 0.25) is 5.91 Å². The first-order valence-electron chi connectivity index (χ1n) is 6.66. The fourth-order valence-electron chi connectivity index (χ4n) is 2.47. The number of nitrogens with one attached hydrogen (secondary N) is 2. The smallest absolute Gasteiger partial charge is 0.237 e. The Kier molecular flexibility index (Phi) is 4.36. The Morgan fingerprint density at radius 3 is 3.17 bits per heavy atom. The van der Waals surface area contributed by atoms with Gasteiger partial charge in [-0.3, -0.25) is 9.48 Å². The van der Waals surface area contributed by atoms with Gasteiger partial charge in [-0.1, -0.05) is 6.92 Å². The highest BCUT2D eigenvalue weighted by Crippen LogP contribution is 2.15. The van der Waals surface area contributed by atoms with Crippen LogP contribution in [0.4, 0.5) is 0 Å². The summed E-state index contributed by atoms with van der Waals surface area (Å²) in [6, 6.07) is 1.96. The molecule has 5 heteroatoms. The molecule has 1 amide bonds. The Bertz CT molecular complexity index is 401. The lowest BCUT2D eigenvalue weighted by atomic mass is 9.92. The van der Waals surface area contributed by atoms with E-state index in [2.05, 4.69) is 22.7 Å². The summed E-state index contributed by atoms with van der Waals surface area (Å²) >= 11 is 0. The van der Waals surface area contributed by atoms with Gasteiger partial charge >= 0.3 is 0 Å². The summed E-state index contributed by atoms with van der Waals surface area (Å²) in [5, 5.41) is 10.4. The van der Waals surface area contributed by atoms with Gasteiger partial charge in [-0.2, -0.15) is 5.10 Å². The minimum Gasteiger partial charge on any atom is -0.354 e. The molecule has 1 aliphatic rings. The maximum atomic E-state index is 12.0. The monoisotopic (exact) mass is 250 g/mol. The zero-order valence-corrected chi connectivity index (χ0v) is 11.1. The van der Waals surface area contributed by atoms with Crippen molar-refractivity contribution >= 4 is 5.91 Å². The van der Waals surface area contributed by atoms with Gasteiger partial charge in [0.05, 0.1) is 6.04 Å². The molecule has 0 aromatic carbocycles. The fraction of sp³-hybridized carbons (Fsp3) is 0.692. The third-order valence-corrected chi connectivity index (χ3v) is 3.65. The van der Waals surface area contributed by atoms with E-state index in [9.17, 15) is 4.79 Å². The van der Waals surface area contributed by atoms with Crippen LogP contribution in [-0.4, -0.2) is 34.8 Å². The predicted molar refractivity (Wildman–Crippen MR) is 70.1 cm³/mol. The van der Waals surface area contributed by atoms with Gasteiger partial charge < -0.3 is 10.6 Å². The summed E-state index contributed by atoms with van der Waals surface area (Å²) in [4.78, 5) is 12.0. The van der Waals surface area contributed by atoms with Crippen LogP contribution in [-0.2, 0) is 18.3 Å². The van der Waals surface area contributed by atoms with E-state index >= 15 is 0 Å². The molecule has 2 atom stereocenters. The van der Waals surface area contributed by atoms with Crippen LogP contribution in [0.1, 0.15) is 25.5 Å². The van der Waals surface area contributed by atoms with Crippen molar-refractivity contribution in [2.45, 2.75) is 32.2 Å². The standard InChI is InChI=1S/C13H22N4O/c1-10-4-3-7-14-12(10)13(18)15-8-5-11-6-9-16-17(11)2/h6,9-10,12,14H,3-5,7-8H2,1-2H3,(H,15,18). The second-order valence-electron chi connectivity index (χ2n) is 5.04. The number of aryl methyl sites for hydroxylation is 1. The van der Waals surface area contributed by atoms with Crippen molar-refractivity contribution in [3.63, 3.8) is 0 Å². The molecule has 1 saturated heterocycles. The Balaban J connectivity index is 1.76. The number of nitrogens with zero attached hydrogens (tertiary/aromatic N) is 2. The molecule has 2 N–H and O–H groups in total. The molecule has 2 rings (SSSR count). The lowest BCUT2D eigenvalue weighted by Crippen LogP contribution is -2.51. The summed E-state index contributed by atoms with van der Waals surface area (Å²) in [6.45, 7) is 3.75. The van der Waals surface area contributed by atoms with E-state index in [-0.39, 0.29) is 11.9 Å². The average molecular weight is 250 g/mol. The van der Waals surface area contributed by atoms with Crippen molar-refractivity contribution in [2.75, 3.05) is 13.1 Å². The van der Waals surface area contributed by atoms with E-state index in [0.29, 0.717) is 12.5 Å². The molecule has 0 saturated carbocycles. The van der Waals surface area contributed by atoms with Crippen LogP contribution in [0.5, 0.6) is 0 Å². The van der Waals surface area contributed by atoms with Crippen LogP contribution >= 0.6 is 0 Å². The molecule has 2 unspecified atom stereocenters. The van der Waals surface area contributed by atoms with Gasteiger partial charge in [-0.25, -0.2) is 0 Å². The highest BCUT2D eigenvalue weighted by atomic mass is 16.2. The molecule has 1 aromatic rings. The van der Waals surface area contributed by atoms with Gasteiger partial charge in [0, 0.05) is 31.9 Å². The first kappa shape index (κ1) is 13.1. The van der Waals surface area contributed by atoms with Crippen LogP contribution in [0.25, 0.3) is 0 Å². The third-order valence-electron chi connectivity index (χ3n) is 3.65. The third kappa shape index (κ3) is 3.10. The molecule has 0 radical (unpaired) electrons. The topological polar surface area (TPSA) is 59.0 Å². The predicted octanol–water partition coefficient (Wildman–Crippen LogP) is 0.467. The molecular weight excluding hydrogens is 228 g/mol. The second-order valence-corrected chi connectivity index (χ2v) is 5.04. The molecule has 1 aliphatic heterocycles. The summed E-state index contributed by atoms with van der Waals surface area (Å²) in [7, 11) is 1.92. The maximum Gasteiger partial charge on any atom is 0.237 e. The van der Waals surface area contributed by atoms with E-state index in [1.165, 1.54) is 6.42 Å². The molecule has 2 heterocycles. The Hall–Kier alpha value is -1.36. The molecule has 18 heavy (non-hydrogen) atoms. The number of rotatable bonds is 4. The van der Waals surface area contributed by atoms with Crippen LogP contribution < -0.4 is 10.6 Å². The van der Waals surface area contributed by atoms with Gasteiger partial charge in [0.25, 0.3) is 0 Å². The summed E-state index contributed by atoms with van der Waals surface area (Å²) in [5.41, 5.74) is 1.14. The largest absolute Gasteiger partial charge is 0.354 e. The molecule has 1 fully saturated rings. The van der Waals surface area contributed by atoms with E-state index in [1.54, 1.807) is 6.20 Å². The zero-order valence-electron chi connectivity index (χ0n) is 11.1. The van der Waals surface area contributed by atoms with E-state index in [1.807, 2.05) is 17.8 Å². The van der Waals surface area contributed by atoms with Gasteiger partial charge in [0.15, 0.2) is 0 Å². The van der Waals surface area contributed by atoms with Crippen molar-refractivity contribution in [1.29, 1.82) is 0 Å².